The van der Waals surface area contributed by atoms with Gasteiger partial charge in [-0.15, -0.1) is 0 Å². The molecule has 0 unspecified atom stereocenters. The van der Waals surface area contributed by atoms with E-state index in [-0.39, 0.29) is 0 Å². The van der Waals surface area contributed by atoms with Crippen LogP contribution in [0.25, 0.3) is 0 Å². The summed E-state index contributed by atoms with van der Waals surface area (Å²) < 4.78 is 6.36. The Morgan fingerprint density at radius 2 is 2.17 bits per heavy atom. The highest BCUT2D eigenvalue weighted by Crippen LogP contribution is 2.29. The second-order valence-electron chi connectivity index (χ2n) is 2.57. The molecule has 0 spiro atoms. The Labute approximate surface area is 80.8 Å². The molecule has 0 saturated carbocycles. The van der Waals surface area contributed by atoms with Crippen LogP contribution in [0.3, 0.4) is 0 Å². The molecule has 0 aliphatic rings. The molecule has 0 radical (unpaired) electrons. The molecule has 0 bridgehead atoms. The van der Waals surface area contributed by atoms with Crippen LogP contribution in [0.2, 0.25) is 0 Å². The Balaban J connectivity index is 3.10. The number of ether oxygens (including phenoxy) is 1. The number of halogens is 1. The first-order valence-electron chi connectivity index (χ1n) is 3.83. The third kappa shape index (κ3) is 1.91. The van der Waals surface area contributed by atoms with E-state index in [0.29, 0.717) is 12.3 Å². The van der Waals surface area contributed by atoms with E-state index in [1.165, 1.54) is 0 Å². The molecule has 12 heavy (non-hydrogen) atoms. The van der Waals surface area contributed by atoms with Crippen molar-refractivity contribution in [2.45, 2.75) is 13.8 Å². The third-order valence-corrected chi connectivity index (χ3v) is 2.01. The van der Waals surface area contributed by atoms with Gasteiger partial charge in [0.1, 0.15) is 5.75 Å². The van der Waals surface area contributed by atoms with Crippen LogP contribution in [0.15, 0.2) is 16.6 Å². The molecule has 66 valence electrons. The summed E-state index contributed by atoms with van der Waals surface area (Å²) in [5.41, 5.74) is 7.50. The minimum absolute atomic E-state index is 0.646. The average molecular weight is 230 g/mol. The molecular weight excluding hydrogens is 218 g/mol. The molecule has 3 heteroatoms. The first kappa shape index (κ1) is 9.39. The van der Waals surface area contributed by atoms with Crippen molar-refractivity contribution in [3.8, 4) is 5.75 Å². The Bertz CT molecular complexity index is 263. The van der Waals surface area contributed by atoms with Crippen molar-refractivity contribution in [3.63, 3.8) is 0 Å². The average Bonchev–Trinajstić information content (AvgIpc) is 1.96. The summed E-state index contributed by atoms with van der Waals surface area (Å²) in [4.78, 5) is 0. The van der Waals surface area contributed by atoms with Crippen LogP contribution in [0.5, 0.6) is 5.75 Å². The van der Waals surface area contributed by atoms with Crippen LogP contribution in [0, 0.1) is 6.92 Å². The van der Waals surface area contributed by atoms with Crippen molar-refractivity contribution in [3.05, 3.63) is 22.2 Å². The van der Waals surface area contributed by atoms with E-state index >= 15 is 0 Å². The van der Waals surface area contributed by atoms with Gasteiger partial charge in [0.05, 0.1) is 12.3 Å². The van der Waals surface area contributed by atoms with Crippen LogP contribution in [-0.4, -0.2) is 6.61 Å². The number of nitrogens with two attached hydrogens (primary N) is 1. The van der Waals surface area contributed by atoms with Crippen LogP contribution in [0.4, 0.5) is 5.69 Å². The number of anilines is 1. The zero-order valence-electron chi connectivity index (χ0n) is 7.23. The van der Waals surface area contributed by atoms with E-state index in [2.05, 4.69) is 15.9 Å². The van der Waals surface area contributed by atoms with Crippen molar-refractivity contribution < 1.29 is 4.74 Å². The summed E-state index contributed by atoms with van der Waals surface area (Å²) in [6.45, 7) is 4.57. The highest BCUT2D eigenvalue weighted by atomic mass is 79.9. The Morgan fingerprint density at radius 3 is 2.67 bits per heavy atom. The fourth-order valence-electron chi connectivity index (χ4n) is 1.10. The lowest BCUT2D eigenvalue weighted by Crippen LogP contribution is -1.98. The van der Waals surface area contributed by atoms with Crippen LogP contribution in [0.1, 0.15) is 12.5 Å². The van der Waals surface area contributed by atoms with Crippen molar-refractivity contribution in [2.24, 2.45) is 0 Å². The van der Waals surface area contributed by atoms with Crippen molar-refractivity contribution in [2.75, 3.05) is 12.3 Å². The number of benzene rings is 1. The Morgan fingerprint density at radius 1 is 1.50 bits per heavy atom. The molecule has 2 nitrogen and oxygen atoms in total. The molecule has 1 rings (SSSR count). The van der Waals surface area contributed by atoms with Gasteiger partial charge in [-0.3, -0.25) is 0 Å². The highest BCUT2D eigenvalue weighted by Gasteiger charge is 2.04. The number of aryl methyl sites for hydroxylation is 1. The van der Waals surface area contributed by atoms with Crippen molar-refractivity contribution in [1.29, 1.82) is 0 Å². The van der Waals surface area contributed by atoms with E-state index in [4.69, 9.17) is 10.5 Å². The summed E-state index contributed by atoms with van der Waals surface area (Å²) in [7, 11) is 0. The van der Waals surface area contributed by atoms with Gasteiger partial charge in [-0.1, -0.05) is 15.9 Å². The Kier molecular flexibility index (Phi) is 2.98. The lowest BCUT2D eigenvalue weighted by molar-refractivity contribution is 0.339. The molecule has 0 aliphatic heterocycles. The highest BCUT2D eigenvalue weighted by molar-refractivity contribution is 9.10. The van der Waals surface area contributed by atoms with E-state index in [1.54, 1.807) is 0 Å². The predicted molar refractivity (Wildman–Crippen MR) is 54.5 cm³/mol. The maximum absolute atomic E-state index is 5.75. The van der Waals surface area contributed by atoms with Crippen LogP contribution >= 0.6 is 15.9 Å². The van der Waals surface area contributed by atoms with E-state index in [0.717, 1.165) is 15.8 Å². The minimum Gasteiger partial charge on any atom is -0.491 e. The molecule has 0 atom stereocenters. The fraction of sp³-hybridized carbons (Fsp3) is 0.333. The predicted octanol–water partition coefficient (Wildman–Crippen LogP) is 2.74. The smallest absolute Gasteiger partial charge is 0.145 e. The van der Waals surface area contributed by atoms with E-state index in [9.17, 15) is 0 Å². The quantitative estimate of drug-likeness (QED) is 0.793. The zero-order valence-corrected chi connectivity index (χ0v) is 8.81. The van der Waals surface area contributed by atoms with Gasteiger partial charge in [-0.25, -0.2) is 0 Å². The third-order valence-electron chi connectivity index (χ3n) is 1.56. The molecule has 2 N–H and O–H groups in total. The molecule has 0 amide bonds. The maximum Gasteiger partial charge on any atom is 0.145 e. The Hall–Kier alpha value is -0.700. The molecule has 1 aromatic carbocycles. The first-order valence-corrected chi connectivity index (χ1v) is 4.63. The van der Waals surface area contributed by atoms with Crippen molar-refractivity contribution in [1.82, 2.24) is 0 Å². The molecule has 1 aromatic rings. The fourth-order valence-corrected chi connectivity index (χ4v) is 1.69. The van der Waals surface area contributed by atoms with Crippen LogP contribution < -0.4 is 10.5 Å². The van der Waals surface area contributed by atoms with E-state index in [1.807, 2.05) is 26.0 Å². The first-order chi connectivity index (χ1) is 5.65. The van der Waals surface area contributed by atoms with Crippen molar-refractivity contribution >= 4 is 21.6 Å². The number of rotatable bonds is 2. The van der Waals surface area contributed by atoms with Crippen LogP contribution in [-0.2, 0) is 0 Å². The monoisotopic (exact) mass is 229 g/mol. The normalized spacial score (nSPS) is 9.92. The standard InChI is InChI=1S/C9H12BrNO/c1-3-12-9-6(2)4-7(10)5-8(9)11/h4-5H,3,11H2,1-2H3. The zero-order chi connectivity index (χ0) is 9.14. The van der Waals surface area contributed by atoms with Gasteiger partial charge in [0.2, 0.25) is 0 Å². The second-order valence-corrected chi connectivity index (χ2v) is 3.49. The number of hydrogen-bond acceptors (Lipinski definition) is 2. The van der Waals surface area contributed by atoms with Gasteiger partial charge in [0, 0.05) is 4.47 Å². The molecule has 0 aromatic heterocycles. The summed E-state index contributed by atoms with van der Waals surface area (Å²) >= 11 is 3.36. The lowest BCUT2D eigenvalue weighted by atomic mass is 10.2. The van der Waals surface area contributed by atoms with Gasteiger partial charge < -0.3 is 10.5 Å². The topological polar surface area (TPSA) is 35.2 Å². The molecule has 0 aliphatic carbocycles. The SMILES string of the molecule is CCOc1c(C)cc(Br)cc1N. The molecule has 0 saturated heterocycles. The molecule has 0 fully saturated rings. The second kappa shape index (κ2) is 3.81. The molecule has 0 heterocycles. The largest absolute Gasteiger partial charge is 0.491 e. The van der Waals surface area contributed by atoms with E-state index < -0.39 is 0 Å². The summed E-state index contributed by atoms with van der Waals surface area (Å²) in [5.74, 6) is 0.792. The van der Waals surface area contributed by atoms with Gasteiger partial charge >= 0.3 is 0 Å². The molecular formula is C9H12BrNO. The summed E-state index contributed by atoms with van der Waals surface area (Å²) in [6, 6.07) is 3.83. The minimum atomic E-state index is 0.646. The maximum atomic E-state index is 5.75. The number of nitrogen functional groups attached to an aromatic ring is 1. The van der Waals surface area contributed by atoms with Gasteiger partial charge in [0.15, 0.2) is 0 Å². The van der Waals surface area contributed by atoms with Gasteiger partial charge in [0.25, 0.3) is 0 Å². The number of hydrogen-bond donors (Lipinski definition) is 1. The lowest BCUT2D eigenvalue weighted by Gasteiger charge is -2.10. The van der Waals surface area contributed by atoms with Gasteiger partial charge in [-0.2, -0.15) is 0 Å². The van der Waals surface area contributed by atoms with Gasteiger partial charge in [-0.05, 0) is 31.5 Å². The summed E-state index contributed by atoms with van der Waals surface area (Å²) in [6.07, 6.45) is 0. The summed E-state index contributed by atoms with van der Waals surface area (Å²) in [5, 5.41) is 0.